The predicted molar refractivity (Wildman–Crippen MR) is 93.9 cm³/mol. The number of pyridine rings is 1. The number of nitrogens with one attached hydrogen (secondary N) is 1. The fourth-order valence-electron chi connectivity index (χ4n) is 3.76. The average molecular weight is 299 g/mol. The third kappa shape index (κ3) is 2.99. The molecule has 0 aromatic carbocycles. The van der Waals surface area contributed by atoms with Gasteiger partial charge in [0.25, 0.3) is 0 Å². The topological polar surface area (TPSA) is 29.3 Å². The van der Waals surface area contributed by atoms with Crippen LogP contribution in [0.1, 0.15) is 74.7 Å². The van der Waals surface area contributed by atoms with Gasteiger partial charge in [-0.15, -0.1) is 0 Å². The molecular weight excluding hydrogens is 270 g/mol. The van der Waals surface area contributed by atoms with E-state index in [-0.39, 0.29) is 0 Å². The number of hydrogen-bond donors (Lipinski definition) is 1. The molecule has 0 unspecified atom stereocenters. The highest BCUT2D eigenvalue weighted by Crippen LogP contribution is 2.37. The Hall–Kier alpha value is -1.51. The van der Waals surface area contributed by atoms with Crippen LogP contribution in [-0.4, -0.2) is 15.9 Å². The fraction of sp³-hybridized carbons (Fsp3) is 0.632. The molecule has 2 aromatic heterocycles. The van der Waals surface area contributed by atoms with Crippen molar-refractivity contribution in [3.8, 4) is 0 Å². The lowest BCUT2D eigenvalue weighted by Gasteiger charge is -2.21. The molecule has 120 valence electrons. The molecule has 0 atom stereocenters. The Kier molecular flexibility index (Phi) is 4.70. The van der Waals surface area contributed by atoms with Gasteiger partial charge < -0.3 is 5.32 Å². The molecule has 0 radical (unpaired) electrons. The molecule has 3 heteroatoms. The SMILES string of the molecule is CCCCNc1c(C2CCCCC2)nc2cc(C)cc(C)n12. The van der Waals surface area contributed by atoms with Gasteiger partial charge in [0.05, 0.1) is 5.69 Å². The molecule has 1 N–H and O–H groups in total. The van der Waals surface area contributed by atoms with Crippen LogP contribution in [0.15, 0.2) is 12.1 Å². The van der Waals surface area contributed by atoms with Crippen LogP contribution in [0, 0.1) is 13.8 Å². The fourth-order valence-corrected chi connectivity index (χ4v) is 3.76. The molecule has 0 spiro atoms. The molecule has 0 bridgehead atoms. The lowest BCUT2D eigenvalue weighted by atomic mass is 9.87. The molecule has 1 fully saturated rings. The number of fused-ring (bicyclic) bond motifs is 1. The number of rotatable bonds is 5. The summed E-state index contributed by atoms with van der Waals surface area (Å²) in [7, 11) is 0. The monoisotopic (exact) mass is 299 g/mol. The van der Waals surface area contributed by atoms with Crippen LogP contribution in [0.4, 0.5) is 5.82 Å². The van der Waals surface area contributed by atoms with Crippen LogP contribution in [0.3, 0.4) is 0 Å². The first-order chi connectivity index (χ1) is 10.7. The first-order valence-corrected chi connectivity index (χ1v) is 8.94. The van der Waals surface area contributed by atoms with E-state index in [0.29, 0.717) is 5.92 Å². The van der Waals surface area contributed by atoms with Crippen molar-refractivity contribution in [3.63, 3.8) is 0 Å². The first-order valence-electron chi connectivity index (χ1n) is 8.94. The van der Waals surface area contributed by atoms with Gasteiger partial charge in [0.1, 0.15) is 11.5 Å². The lowest BCUT2D eigenvalue weighted by Crippen LogP contribution is -2.11. The van der Waals surface area contributed by atoms with Crippen molar-refractivity contribution in [2.75, 3.05) is 11.9 Å². The van der Waals surface area contributed by atoms with Crippen molar-refractivity contribution >= 4 is 11.5 Å². The van der Waals surface area contributed by atoms with Crippen molar-refractivity contribution in [2.24, 2.45) is 0 Å². The van der Waals surface area contributed by atoms with Gasteiger partial charge in [-0.05, 0) is 50.8 Å². The molecule has 2 aromatic rings. The second-order valence-electron chi connectivity index (χ2n) is 6.83. The summed E-state index contributed by atoms with van der Waals surface area (Å²) in [6, 6.07) is 4.47. The lowest BCUT2D eigenvalue weighted by molar-refractivity contribution is 0.438. The van der Waals surface area contributed by atoms with E-state index in [0.717, 1.165) is 12.2 Å². The van der Waals surface area contributed by atoms with Gasteiger partial charge >= 0.3 is 0 Å². The Labute approximate surface area is 134 Å². The molecule has 3 nitrogen and oxygen atoms in total. The van der Waals surface area contributed by atoms with Gasteiger partial charge in [-0.1, -0.05) is 32.6 Å². The number of aryl methyl sites for hydroxylation is 2. The van der Waals surface area contributed by atoms with E-state index >= 15 is 0 Å². The Morgan fingerprint density at radius 2 is 1.95 bits per heavy atom. The molecule has 0 saturated heterocycles. The summed E-state index contributed by atoms with van der Waals surface area (Å²) in [6.07, 6.45) is 9.12. The summed E-state index contributed by atoms with van der Waals surface area (Å²) >= 11 is 0. The molecule has 2 heterocycles. The number of unbranched alkanes of at least 4 members (excludes halogenated alkanes) is 1. The van der Waals surface area contributed by atoms with Gasteiger partial charge in [-0.25, -0.2) is 4.98 Å². The minimum atomic E-state index is 0.637. The van der Waals surface area contributed by atoms with E-state index in [4.69, 9.17) is 4.98 Å². The highest BCUT2D eigenvalue weighted by molar-refractivity contribution is 5.59. The summed E-state index contributed by atoms with van der Waals surface area (Å²) in [5.41, 5.74) is 5.00. The normalized spacial score (nSPS) is 16.3. The highest BCUT2D eigenvalue weighted by Gasteiger charge is 2.23. The Balaban J connectivity index is 2.04. The van der Waals surface area contributed by atoms with E-state index in [9.17, 15) is 0 Å². The maximum absolute atomic E-state index is 5.04. The van der Waals surface area contributed by atoms with Crippen LogP contribution in [0.2, 0.25) is 0 Å². The molecule has 1 aliphatic carbocycles. The number of hydrogen-bond acceptors (Lipinski definition) is 2. The third-order valence-corrected chi connectivity index (χ3v) is 4.89. The maximum Gasteiger partial charge on any atom is 0.139 e. The average Bonchev–Trinajstić information content (AvgIpc) is 2.87. The van der Waals surface area contributed by atoms with Crippen LogP contribution in [-0.2, 0) is 0 Å². The summed E-state index contributed by atoms with van der Waals surface area (Å²) in [5.74, 6) is 1.89. The summed E-state index contributed by atoms with van der Waals surface area (Å²) in [5, 5.41) is 3.70. The Morgan fingerprint density at radius 1 is 1.18 bits per heavy atom. The van der Waals surface area contributed by atoms with E-state index in [2.05, 4.69) is 42.6 Å². The zero-order valence-corrected chi connectivity index (χ0v) is 14.3. The van der Waals surface area contributed by atoms with E-state index in [1.165, 1.54) is 67.7 Å². The van der Waals surface area contributed by atoms with Crippen molar-refractivity contribution in [1.29, 1.82) is 0 Å². The van der Waals surface area contributed by atoms with Crippen molar-refractivity contribution in [2.45, 2.75) is 71.6 Å². The third-order valence-electron chi connectivity index (χ3n) is 4.89. The highest BCUT2D eigenvalue weighted by atomic mass is 15.1. The summed E-state index contributed by atoms with van der Waals surface area (Å²) in [4.78, 5) is 5.04. The molecule has 22 heavy (non-hydrogen) atoms. The molecular formula is C19H29N3. The van der Waals surface area contributed by atoms with E-state index < -0.39 is 0 Å². The zero-order valence-electron chi connectivity index (χ0n) is 14.3. The van der Waals surface area contributed by atoms with Crippen LogP contribution in [0.5, 0.6) is 0 Å². The molecule has 1 aliphatic rings. The zero-order chi connectivity index (χ0) is 15.5. The first kappa shape index (κ1) is 15.4. The van der Waals surface area contributed by atoms with E-state index in [1.54, 1.807) is 0 Å². The number of anilines is 1. The summed E-state index contributed by atoms with van der Waals surface area (Å²) < 4.78 is 2.33. The Bertz CT molecular complexity index is 636. The summed E-state index contributed by atoms with van der Waals surface area (Å²) in [6.45, 7) is 7.63. The van der Waals surface area contributed by atoms with Gasteiger partial charge in [0, 0.05) is 18.2 Å². The van der Waals surface area contributed by atoms with Crippen LogP contribution < -0.4 is 5.32 Å². The largest absolute Gasteiger partial charge is 0.370 e. The molecule has 3 rings (SSSR count). The standard InChI is InChI=1S/C19H29N3/c1-4-5-11-20-19-18(16-9-7-6-8-10-16)21-17-13-14(2)12-15(3)22(17)19/h12-13,16,20H,4-11H2,1-3H3. The van der Waals surface area contributed by atoms with E-state index in [1.807, 2.05) is 0 Å². The quantitative estimate of drug-likeness (QED) is 0.768. The van der Waals surface area contributed by atoms with Crippen molar-refractivity contribution in [3.05, 3.63) is 29.1 Å². The maximum atomic E-state index is 5.04. The van der Waals surface area contributed by atoms with Crippen molar-refractivity contribution < 1.29 is 0 Å². The molecule has 1 saturated carbocycles. The second kappa shape index (κ2) is 6.72. The Morgan fingerprint density at radius 3 is 2.68 bits per heavy atom. The van der Waals surface area contributed by atoms with Gasteiger partial charge in [-0.2, -0.15) is 0 Å². The number of imidazole rings is 1. The minimum absolute atomic E-state index is 0.637. The number of aromatic nitrogens is 2. The van der Waals surface area contributed by atoms with Crippen LogP contribution in [0.25, 0.3) is 5.65 Å². The van der Waals surface area contributed by atoms with Gasteiger partial charge in [-0.3, -0.25) is 4.40 Å². The predicted octanol–water partition coefficient (Wildman–Crippen LogP) is 5.21. The number of nitrogens with zero attached hydrogens (tertiary/aromatic N) is 2. The smallest absolute Gasteiger partial charge is 0.139 e. The van der Waals surface area contributed by atoms with Crippen molar-refractivity contribution in [1.82, 2.24) is 9.38 Å². The molecule has 0 amide bonds. The minimum Gasteiger partial charge on any atom is -0.370 e. The molecule has 0 aliphatic heterocycles. The van der Waals surface area contributed by atoms with Crippen LogP contribution >= 0.6 is 0 Å². The van der Waals surface area contributed by atoms with Gasteiger partial charge in [0.2, 0.25) is 0 Å². The van der Waals surface area contributed by atoms with Gasteiger partial charge in [0.15, 0.2) is 0 Å². The second-order valence-corrected chi connectivity index (χ2v) is 6.83.